The monoisotopic (exact) mass is 298 g/mol. The fourth-order valence-electron chi connectivity index (χ4n) is 3.37. The molecule has 114 valence electrons. The number of hydrogen-bond acceptors (Lipinski definition) is 3. The maximum absolute atomic E-state index is 4.50. The lowest BCUT2D eigenvalue weighted by atomic mass is 9.87. The van der Waals surface area contributed by atoms with Crippen LogP contribution in [0, 0.1) is 5.41 Å². The summed E-state index contributed by atoms with van der Waals surface area (Å²) in [7, 11) is 0. The molecule has 2 aliphatic heterocycles. The third-order valence-electron chi connectivity index (χ3n) is 4.58. The lowest BCUT2D eigenvalue weighted by Crippen LogP contribution is -2.28. The number of likely N-dealkylation sites (tertiary alicyclic amines) is 1. The Morgan fingerprint density at radius 3 is 2.75 bits per heavy atom. The Labute approximate surface area is 128 Å². The second-order valence-corrected chi connectivity index (χ2v) is 7.35. The number of nitrogens with zero attached hydrogens (tertiary/aromatic N) is 3. The van der Waals surface area contributed by atoms with Gasteiger partial charge in [0, 0.05) is 31.4 Å². The van der Waals surface area contributed by atoms with E-state index < -0.39 is 0 Å². The Balaban J connectivity index is 0.00000147. The van der Waals surface area contributed by atoms with Crippen molar-refractivity contribution in [2.24, 2.45) is 5.41 Å². The van der Waals surface area contributed by atoms with Crippen LogP contribution < -0.4 is 5.32 Å². The Hall–Kier alpha value is -0.580. The first-order valence-corrected chi connectivity index (χ1v) is 7.44. The molecule has 0 aromatic carbocycles. The number of aromatic nitrogens is 2. The molecule has 1 atom stereocenters. The van der Waals surface area contributed by atoms with E-state index in [1.54, 1.807) is 0 Å². The smallest absolute Gasteiger partial charge is 0.0543 e. The quantitative estimate of drug-likeness (QED) is 0.909. The average Bonchev–Trinajstić information content (AvgIpc) is 3.01. The van der Waals surface area contributed by atoms with E-state index in [1.165, 1.54) is 44.6 Å². The molecule has 1 N–H and O–H groups in total. The van der Waals surface area contributed by atoms with Gasteiger partial charge in [0.1, 0.15) is 0 Å². The predicted molar refractivity (Wildman–Crippen MR) is 84.3 cm³/mol. The van der Waals surface area contributed by atoms with E-state index in [9.17, 15) is 0 Å². The molecule has 0 radical (unpaired) electrons. The summed E-state index contributed by atoms with van der Waals surface area (Å²) in [6.07, 6.45) is 6.94. The summed E-state index contributed by atoms with van der Waals surface area (Å²) in [6.45, 7) is 12.5. The van der Waals surface area contributed by atoms with Crippen molar-refractivity contribution in [1.29, 1.82) is 0 Å². The van der Waals surface area contributed by atoms with Crippen molar-refractivity contribution in [2.45, 2.75) is 45.7 Å². The molecule has 1 spiro atoms. The van der Waals surface area contributed by atoms with Gasteiger partial charge in [-0.15, -0.1) is 12.4 Å². The Bertz CT molecular complexity index is 443. The second kappa shape index (κ2) is 5.66. The van der Waals surface area contributed by atoms with Crippen LogP contribution in [0.5, 0.6) is 0 Å². The maximum atomic E-state index is 4.50. The van der Waals surface area contributed by atoms with Crippen molar-refractivity contribution in [3.05, 3.63) is 18.0 Å². The Morgan fingerprint density at radius 2 is 2.15 bits per heavy atom. The van der Waals surface area contributed by atoms with E-state index in [0.717, 1.165) is 6.54 Å². The summed E-state index contributed by atoms with van der Waals surface area (Å²) in [5.41, 5.74) is 2.00. The zero-order valence-electron chi connectivity index (χ0n) is 12.9. The van der Waals surface area contributed by atoms with Gasteiger partial charge in [0.05, 0.1) is 11.7 Å². The molecule has 2 saturated heterocycles. The molecule has 1 unspecified atom stereocenters. The summed E-state index contributed by atoms with van der Waals surface area (Å²) in [4.78, 5) is 2.59. The third-order valence-corrected chi connectivity index (χ3v) is 4.58. The van der Waals surface area contributed by atoms with Crippen molar-refractivity contribution in [1.82, 2.24) is 20.0 Å². The first-order chi connectivity index (χ1) is 8.97. The van der Waals surface area contributed by atoms with Crippen LogP contribution in [0.3, 0.4) is 0 Å². The zero-order valence-corrected chi connectivity index (χ0v) is 13.7. The summed E-state index contributed by atoms with van der Waals surface area (Å²) in [6, 6.07) is 0. The molecule has 0 amide bonds. The van der Waals surface area contributed by atoms with Crippen molar-refractivity contribution in [3.63, 3.8) is 0 Å². The van der Waals surface area contributed by atoms with Crippen molar-refractivity contribution < 1.29 is 0 Å². The predicted octanol–water partition coefficient (Wildman–Crippen LogP) is 2.25. The highest BCUT2D eigenvalue weighted by atomic mass is 35.5. The lowest BCUT2D eigenvalue weighted by Gasteiger charge is -2.22. The SMILES string of the molecule is CC(C)(C)n1cc(CN2CCC3(CCNC3)C2)cn1.Cl. The van der Waals surface area contributed by atoms with Gasteiger partial charge in [-0.3, -0.25) is 9.58 Å². The van der Waals surface area contributed by atoms with Crippen LogP contribution in [0.25, 0.3) is 0 Å². The molecule has 2 fully saturated rings. The number of nitrogens with one attached hydrogen (secondary N) is 1. The topological polar surface area (TPSA) is 33.1 Å². The molecule has 3 heterocycles. The van der Waals surface area contributed by atoms with E-state index in [1.807, 2.05) is 6.20 Å². The van der Waals surface area contributed by atoms with Gasteiger partial charge in [-0.1, -0.05) is 0 Å². The van der Waals surface area contributed by atoms with Crippen molar-refractivity contribution >= 4 is 12.4 Å². The summed E-state index contributed by atoms with van der Waals surface area (Å²) in [5.74, 6) is 0. The van der Waals surface area contributed by atoms with Crippen LogP contribution in [0.2, 0.25) is 0 Å². The van der Waals surface area contributed by atoms with E-state index in [0.29, 0.717) is 5.41 Å². The van der Waals surface area contributed by atoms with Crippen LogP contribution in [0.15, 0.2) is 12.4 Å². The largest absolute Gasteiger partial charge is 0.316 e. The van der Waals surface area contributed by atoms with E-state index in [4.69, 9.17) is 0 Å². The van der Waals surface area contributed by atoms with Gasteiger partial charge in [0.15, 0.2) is 0 Å². The summed E-state index contributed by atoms with van der Waals surface area (Å²) >= 11 is 0. The second-order valence-electron chi connectivity index (χ2n) is 7.35. The van der Waals surface area contributed by atoms with Crippen molar-refractivity contribution in [2.75, 3.05) is 26.2 Å². The van der Waals surface area contributed by atoms with Gasteiger partial charge >= 0.3 is 0 Å². The minimum atomic E-state index is 0. The fraction of sp³-hybridized carbons (Fsp3) is 0.800. The van der Waals surface area contributed by atoms with Gasteiger partial charge in [-0.25, -0.2) is 0 Å². The van der Waals surface area contributed by atoms with Crippen LogP contribution in [0.4, 0.5) is 0 Å². The van der Waals surface area contributed by atoms with Gasteiger partial charge in [0.25, 0.3) is 0 Å². The Kier molecular flexibility index (Phi) is 4.47. The molecule has 0 bridgehead atoms. The van der Waals surface area contributed by atoms with Crippen LogP contribution in [0.1, 0.15) is 39.2 Å². The maximum Gasteiger partial charge on any atom is 0.0543 e. The molecular formula is C15H27ClN4. The van der Waals surface area contributed by atoms with E-state index >= 15 is 0 Å². The first kappa shape index (κ1) is 15.8. The van der Waals surface area contributed by atoms with Crippen molar-refractivity contribution in [3.8, 4) is 0 Å². The molecule has 20 heavy (non-hydrogen) atoms. The fourth-order valence-corrected chi connectivity index (χ4v) is 3.37. The highest BCUT2D eigenvalue weighted by Gasteiger charge is 2.40. The highest BCUT2D eigenvalue weighted by Crippen LogP contribution is 2.36. The highest BCUT2D eigenvalue weighted by molar-refractivity contribution is 5.85. The van der Waals surface area contributed by atoms with E-state index in [2.05, 4.69) is 47.0 Å². The number of rotatable bonds is 2. The molecule has 1 aromatic rings. The molecular weight excluding hydrogens is 272 g/mol. The number of halogens is 1. The van der Waals surface area contributed by atoms with Gasteiger partial charge < -0.3 is 5.32 Å². The average molecular weight is 299 g/mol. The lowest BCUT2D eigenvalue weighted by molar-refractivity contribution is 0.268. The van der Waals surface area contributed by atoms with Gasteiger partial charge in [-0.2, -0.15) is 5.10 Å². The minimum absolute atomic E-state index is 0. The zero-order chi connectivity index (χ0) is 13.5. The van der Waals surface area contributed by atoms with Crippen LogP contribution in [-0.4, -0.2) is 40.9 Å². The molecule has 2 aliphatic rings. The minimum Gasteiger partial charge on any atom is -0.316 e. The molecule has 0 saturated carbocycles. The molecule has 1 aromatic heterocycles. The third kappa shape index (κ3) is 3.18. The molecule has 5 heteroatoms. The van der Waals surface area contributed by atoms with Gasteiger partial charge in [0.2, 0.25) is 0 Å². The van der Waals surface area contributed by atoms with E-state index in [-0.39, 0.29) is 17.9 Å². The molecule has 4 nitrogen and oxygen atoms in total. The molecule has 0 aliphatic carbocycles. The first-order valence-electron chi connectivity index (χ1n) is 7.44. The van der Waals surface area contributed by atoms with Gasteiger partial charge in [-0.05, 0) is 52.1 Å². The summed E-state index contributed by atoms with van der Waals surface area (Å²) < 4.78 is 2.07. The number of hydrogen-bond donors (Lipinski definition) is 1. The van der Waals surface area contributed by atoms with Crippen LogP contribution >= 0.6 is 12.4 Å². The van der Waals surface area contributed by atoms with Crippen LogP contribution in [-0.2, 0) is 12.1 Å². The standard InChI is InChI=1S/C15H26N4.ClH/c1-14(2,3)19-10-13(8-17-19)9-18-7-5-15(12-18)4-6-16-11-15;/h8,10,16H,4-7,9,11-12H2,1-3H3;1H. The Morgan fingerprint density at radius 1 is 1.35 bits per heavy atom. The normalized spacial score (nSPS) is 27.1. The molecule has 3 rings (SSSR count). The summed E-state index contributed by atoms with van der Waals surface area (Å²) in [5, 5.41) is 8.02.